The van der Waals surface area contributed by atoms with E-state index in [1.807, 2.05) is 13.8 Å². The van der Waals surface area contributed by atoms with E-state index in [-0.39, 0.29) is 11.5 Å². The van der Waals surface area contributed by atoms with Crippen LogP contribution in [0.25, 0.3) is 0 Å². The number of allylic oxidation sites excluding steroid dienone is 4. The normalized spacial score (nSPS) is 21.9. The zero-order valence-electron chi connectivity index (χ0n) is 10.9. The molecule has 1 aliphatic rings. The largest absolute Gasteiger partial charge is 0.296 e. The van der Waals surface area contributed by atoms with Gasteiger partial charge in [0, 0.05) is 22.7 Å². The van der Waals surface area contributed by atoms with E-state index in [1.165, 1.54) is 12.3 Å². The third-order valence-corrected chi connectivity index (χ3v) is 3.68. The number of carbonyl (C=O) groups is 1. The first kappa shape index (κ1) is 15.7. The number of aromatic nitrogens is 2. The maximum Gasteiger partial charge on any atom is 0.168 e. The molecule has 1 N–H and O–H groups in total. The van der Waals surface area contributed by atoms with Crippen molar-refractivity contribution in [2.45, 2.75) is 25.4 Å². The number of nitrogens with zero attached hydrogens (tertiary/aromatic N) is 1. The number of carbonyl (C=O) groups excluding carboxylic acids is 1. The number of hydrogen-bond acceptors (Lipinski definition) is 2. The van der Waals surface area contributed by atoms with Crippen LogP contribution in [0, 0.1) is 0 Å². The molecule has 104 valence electrons. The molecule has 3 unspecified atom stereocenters. The van der Waals surface area contributed by atoms with Crippen LogP contribution in [0.4, 0.5) is 8.78 Å². The number of H-pyrrole nitrogens is 1. The van der Waals surface area contributed by atoms with Gasteiger partial charge in [0.15, 0.2) is 6.29 Å². The fourth-order valence-corrected chi connectivity index (χ4v) is 2.49. The molecule has 3 atom stereocenters. The third-order valence-electron chi connectivity index (χ3n) is 2.87. The van der Waals surface area contributed by atoms with Gasteiger partial charge in [0.1, 0.15) is 18.2 Å². The Kier molecular flexibility index (Phi) is 6.03. The van der Waals surface area contributed by atoms with Crippen LogP contribution >= 0.6 is 9.24 Å². The Hall–Kier alpha value is -1.35. The second kappa shape index (κ2) is 7.29. The maximum atomic E-state index is 13.3. The fraction of sp³-hybridized carbons (Fsp3) is 0.385. The first-order valence-electron chi connectivity index (χ1n) is 6.05. The van der Waals surface area contributed by atoms with Gasteiger partial charge in [-0.1, -0.05) is 19.9 Å². The van der Waals surface area contributed by atoms with Crippen molar-refractivity contribution in [1.82, 2.24) is 10.2 Å². The number of rotatable bonds is 3. The summed E-state index contributed by atoms with van der Waals surface area (Å²) < 4.78 is 26.1. The zero-order chi connectivity index (χ0) is 14.4. The van der Waals surface area contributed by atoms with Gasteiger partial charge in [0.05, 0.1) is 6.20 Å². The molecule has 1 aliphatic carbocycles. The minimum atomic E-state index is -0.838. The van der Waals surface area contributed by atoms with E-state index in [2.05, 4.69) is 19.4 Å². The van der Waals surface area contributed by atoms with Crippen molar-refractivity contribution in [2.24, 2.45) is 0 Å². The number of aromatic amines is 1. The molecule has 1 heterocycles. The Morgan fingerprint density at radius 2 is 2.21 bits per heavy atom. The summed E-state index contributed by atoms with van der Waals surface area (Å²) in [7, 11) is 2.42. The van der Waals surface area contributed by atoms with Crippen LogP contribution in [-0.2, 0) is 0 Å². The molecular formula is C13H17F2N2OP. The summed E-state index contributed by atoms with van der Waals surface area (Å²) in [5.41, 5.74) is 0.684. The molecule has 1 aromatic heterocycles. The van der Waals surface area contributed by atoms with Crippen molar-refractivity contribution < 1.29 is 13.6 Å². The lowest BCUT2D eigenvalue weighted by Crippen LogP contribution is -2.19. The van der Waals surface area contributed by atoms with E-state index in [4.69, 9.17) is 0 Å². The average Bonchev–Trinajstić information content (AvgIpc) is 2.90. The molecule has 0 spiro atoms. The molecule has 0 saturated heterocycles. The number of alkyl halides is 1. The smallest absolute Gasteiger partial charge is 0.168 e. The molecular weight excluding hydrogens is 269 g/mol. The molecule has 6 heteroatoms. The molecule has 0 saturated carbocycles. The number of halogens is 2. The van der Waals surface area contributed by atoms with E-state index in [0.29, 0.717) is 17.5 Å². The maximum absolute atomic E-state index is 13.3. The van der Waals surface area contributed by atoms with Gasteiger partial charge in [-0.25, -0.2) is 8.78 Å². The predicted octanol–water partition coefficient (Wildman–Crippen LogP) is 3.34. The highest BCUT2D eigenvalue weighted by Crippen LogP contribution is 2.38. The van der Waals surface area contributed by atoms with E-state index in [1.54, 1.807) is 6.08 Å². The van der Waals surface area contributed by atoms with E-state index in [0.717, 1.165) is 0 Å². The second-order valence-corrected chi connectivity index (χ2v) is 4.49. The van der Waals surface area contributed by atoms with Crippen LogP contribution < -0.4 is 0 Å². The van der Waals surface area contributed by atoms with Gasteiger partial charge in [-0.15, -0.1) is 9.24 Å². The Morgan fingerprint density at radius 1 is 1.53 bits per heavy atom. The van der Waals surface area contributed by atoms with Gasteiger partial charge in [-0.05, 0) is 6.08 Å². The Labute approximate surface area is 113 Å². The number of aldehydes is 1. The lowest BCUT2D eigenvalue weighted by molar-refractivity contribution is 0.111. The third kappa shape index (κ3) is 3.16. The van der Waals surface area contributed by atoms with E-state index in [9.17, 15) is 13.6 Å². The van der Waals surface area contributed by atoms with Crippen LogP contribution in [-0.4, -0.2) is 28.8 Å². The lowest BCUT2D eigenvalue weighted by atomic mass is 9.88. The van der Waals surface area contributed by atoms with Crippen LogP contribution in [0.15, 0.2) is 29.7 Å². The molecule has 0 bridgehead atoms. The number of nitrogens with one attached hydrogen (secondary N) is 1. The van der Waals surface area contributed by atoms with Crippen molar-refractivity contribution >= 4 is 15.5 Å². The summed E-state index contributed by atoms with van der Waals surface area (Å²) in [6.07, 6.45) is 5.01. The van der Waals surface area contributed by atoms with Gasteiger partial charge >= 0.3 is 0 Å². The van der Waals surface area contributed by atoms with E-state index >= 15 is 0 Å². The molecule has 0 amide bonds. The second-order valence-electron chi connectivity index (χ2n) is 3.77. The summed E-state index contributed by atoms with van der Waals surface area (Å²) in [4.78, 5) is 10.8. The van der Waals surface area contributed by atoms with Gasteiger partial charge in [0.25, 0.3) is 0 Å². The molecule has 19 heavy (non-hydrogen) atoms. The van der Waals surface area contributed by atoms with Crippen molar-refractivity contribution in [3.63, 3.8) is 0 Å². The lowest BCUT2D eigenvalue weighted by Gasteiger charge is -2.25. The average molecular weight is 286 g/mol. The van der Waals surface area contributed by atoms with Crippen LogP contribution in [0.2, 0.25) is 0 Å². The molecule has 0 fully saturated rings. The highest BCUT2D eigenvalue weighted by Gasteiger charge is 2.28. The quantitative estimate of drug-likeness (QED) is 0.684. The van der Waals surface area contributed by atoms with Crippen LogP contribution in [0.1, 0.15) is 35.8 Å². The Balaban J connectivity index is 0.000000861. The first-order chi connectivity index (χ1) is 9.19. The highest BCUT2D eigenvalue weighted by molar-refractivity contribution is 7.18. The van der Waals surface area contributed by atoms with Crippen LogP contribution in [0.3, 0.4) is 0 Å². The molecule has 1 aromatic rings. The zero-order valence-corrected chi connectivity index (χ0v) is 12.0. The summed E-state index contributed by atoms with van der Waals surface area (Å²) >= 11 is 0. The van der Waals surface area contributed by atoms with Crippen LogP contribution in [0.5, 0.6) is 0 Å². The van der Waals surface area contributed by atoms with Crippen molar-refractivity contribution in [3.8, 4) is 0 Å². The minimum Gasteiger partial charge on any atom is -0.296 e. The molecule has 0 radical (unpaired) electrons. The summed E-state index contributed by atoms with van der Waals surface area (Å²) in [5.74, 6) is -0.802. The summed E-state index contributed by atoms with van der Waals surface area (Å²) in [6.45, 7) is 3.16. The fourth-order valence-electron chi connectivity index (χ4n) is 1.91. The van der Waals surface area contributed by atoms with Gasteiger partial charge in [-0.3, -0.25) is 9.89 Å². The topological polar surface area (TPSA) is 45.8 Å². The standard InChI is InChI=1S/C11H11F2N2OP.C2H6/c12-3-7-9(13)2-1-6(11(7)17)8-4-14-15-10(8)5-16;1-2/h1-2,4-6,11H,3,17H2,(H,14,15);1-2H3. The first-order valence-corrected chi connectivity index (χ1v) is 6.72. The SMILES string of the molecule is CC.O=Cc1[nH]ncc1C1C=CC(F)=C(CF)C1P. The Bertz CT molecular complexity index is 497. The molecule has 2 rings (SSSR count). The van der Waals surface area contributed by atoms with Gasteiger partial charge in [-0.2, -0.15) is 5.10 Å². The van der Waals surface area contributed by atoms with Crippen molar-refractivity contribution in [2.75, 3.05) is 6.67 Å². The van der Waals surface area contributed by atoms with Gasteiger partial charge < -0.3 is 0 Å². The van der Waals surface area contributed by atoms with E-state index < -0.39 is 18.2 Å². The summed E-state index contributed by atoms with van der Waals surface area (Å²) in [6, 6.07) is 0. The highest BCUT2D eigenvalue weighted by atomic mass is 31.0. The van der Waals surface area contributed by atoms with Crippen molar-refractivity contribution in [1.29, 1.82) is 0 Å². The predicted molar refractivity (Wildman–Crippen MR) is 74.8 cm³/mol. The summed E-state index contributed by atoms with van der Waals surface area (Å²) in [5, 5.41) is 6.32. The monoisotopic (exact) mass is 286 g/mol. The molecule has 3 nitrogen and oxygen atoms in total. The Morgan fingerprint density at radius 3 is 2.79 bits per heavy atom. The minimum absolute atomic E-state index is 0.0977. The number of hydrogen-bond donors (Lipinski definition) is 1. The van der Waals surface area contributed by atoms with Gasteiger partial charge in [0.2, 0.25) is 0 Å². The van der Waals surface area contributed by atoms with Crippen molar-refractivity contribution in [3.05, 3.63) is 41.0 Å². The molecule has 0 aliphatic heterocycles. The molecule has 0 aromatic carbocycles.